The number of thiophene rings is 1. The molecule has 2 rings (SSSR count). The number of hydrogen-bond acceptors (Lipinski definition) is 4. The molecule has 0 saturated heterocycles. The molecular weight excluding hydrogens is 302 g/mol. The van der Waals surface area contributed by atoms with E-state index in [0.29, 0.717) is 10.6 Å². The van der Waals surface area contributed by atoms with Crippen molar-refractivity contribution in [3.05, 3.63) is 40.2 Å². The molecule has 0 aliphatic rings. The fraction of sp³-hybridized carbons (Fsp3) is 0.154. The van der Waals surface area contributed by atoms with Crippen LogP contribution in [0.4, 0.5) is 0 Å². The SMILES string of the molecule is CCS(=O)(=O)c1scc(-c2ccc(Cl)cc2)c1C#N. The largest absolute Gasteiger partial charge is 0.223 e. The third-order valence-corrected chi connectivity index (χ3v) is 6.29. The Kier molecular flexibility index (Phi) is 3.95. The Balaban J connectivity index is 2.62. The van der Waals surface area contributed by atoms with E-state index in [0.717, 1.165) is 16.9 Å². The fourth-order valence-electron chi connectivity index (χ4n) is 1.65. The lowest BCUT2D eigenvalue weighted by molar-refractivity contribution is 0.599. The van der Waals surface area contributed by atoms with Crippen LogP contribution in [0.1, 0.15) is 12.5 Å². The summed E-state index contributed by atoms with van der Waals surface area (Å²) in [5.41, 5.74) is 1.64. The van der Waals surface area contributed by atoms with E-state index in [2.05, 4.69) is 0 Å². The average molecular weight is 312 g/mol. The summed E-state index contributed by atoms with van der Waals surface area (Å²) in [6.45, 7) is 1.57. The molecule has 6 heteroatoms. The average Bonchev–Trinajstić information content (AvgIpc) is 2.84. The van der Waals surface area contributed by atoms with Gasteiger partial charge in [0.05, 0.1) is 11.3 Å². The predicted molar refractivity (Wildman–Crippen MR) is 77.2 cm³/mol. The van der Waals surface area contributed by atoms with Crippen molar-refractivity contribution in [1.82, 2.24) is 0 Å². The minimum atomic E-state index is -3.37. The quantitative estimate of drug-likeness (QED) is 0.867. The van der Waals surface area contributed by atoms with Gasteiger partial charge in [0.1, 0.15) is 10.3 Å². The van der Waals surface area contributed by atoms with Crippen molar-refractivity contribution in [3.8, 4) is 17.2 Å². The number of benzene rings is 1. The van der Waals surface area contributed by atoms with E-state index >= 15 is 0 Å². The van der Waals surface area contributed by atoms with Crippen molar-refractivity contribution in [2.24, 2.45) is 0 Å². The lowest BCUT2D eigenvalue weighted by Crippen LogP contribution is -2.03. The number of nitriles is 1. The number of sulfone groups is 1. The van der Waals surface area contributed by atoms with Gasteiger partial charge < -0.3 is 0 Å². The second-order valence-electron chi connectivity index (χ2n) is 3.83. The number of rotatable bonds is 3. The van der Waals surface area contributed by atoms with Gasteiger partial charge in [-0.1, -0.05) is 30.7 Å². The number of nitrogens with zero attached hydrogens (tertiary/aromatic N) is 1. The zero-order valence-electron chi connectivity index (χ0n) is 10.1. The molecule has 0 bridgehead atoms. The molecule has 98 valence electrons. The van der Waals surface area contributed by atoms with Crippen LogP contribution in [0, 0.1) is 11.3 Å². The Labute approximate surface area is 121 Å². The number of hydrogen-bond donors (Lipinski definition) is 0. The van der Waals surface area contributed by atoms with E-state index in [1.165, 1.54) is 0 Å². The molecule has 0 spiro atoms. The predicted octanol–water partition coefficient (Wildman–Crippen LogP) is 3.73. The maximum absolute atomic E-state index is 11.9. The first-order valence-corrected chi connectivity index (χ1v) is 8.41. The van der Waals surface area contributed by atoms with E-state index in [4.69, 9.17) is 11.6 Å². The summed E-state index contributed by atoms with van der Waals surface area (Å²) in [7, 11) is -3.37. The molecule has 19 heavy (non-hydrogen) atoms. The fourth-order valence-corrected chi connectivity index (χ4v) is 4.34. The minimum absolute atomic E-state index is 0.0117. The molecule has 0 atom stereocenters. The lowest BCUT2D eigenvalue weighted by Gasteiger charge is -2.01. The van der Waals surface area contributed by atoms with Crippen molar-refractivity contribution in [3.63, 3.8) is 0 Å². The smallest absolute Gasteiger partial charge is 0.188 e. The Morgan fingerprint density at radius 3 is 2.47 bits per heavy atom. The van der Waals surface area contributed by atoms with E-state index < -0.39 is 9.84 Å². The van der Waals surface area contributed by atoms with Gasteiger partial charge in [-0.05, 0) is 17.7 Å². The molecule has 0 amide bonds. The van der Waals surface area contributed by atoms with Crippen LogP contribution in [0.2, 0.25) is 5.02 Å². The topological polar surface area (TPSA) is 57.9 Å². The Morgan fingerprint density at radius 1 is 1.32 bits per heavy atom. The second-order valence-corrected chi connectivity index (χ2v) is 7.62. The maximum atomic E-state index is 11.9. The normalized spacial score (nSPS) is 11.2. The molecular formula is C13H10ClNO2S2. The van der Waals surface area contributed by atoms with E-state index in [1.807, 2.05) is 6.07 Å². The Bertz CT molecular complexity index is 740. The highest BCUT2D eigenvalue weighted by Crippen LogP contribution is 2.34. The van der Waals surface area contributed by atoms with Crippen LogP contribution in [-0.2, 0) is 9.84 Å². The third-order valence-electron chi connectivity index (χ3n) is 2.69. The maximum Gasteiger partial charge on any atom is 0.188 e. The monoisotopic (exact) mass is 311 g/mol. The minimum Gasteiger partial charge on any atom is -0.223 e. The molecule has 0 fully saturated rings. The highest BCUT2D eigenvalue weighted by molar-refractivity contribution is 7.93. The lowest BCUT2D eigenvalue weighted by atomic mass is 10.1. The summed E-state index contributed by atoms with van der Waals surface area (Å²) in [6, 6.07) is 8.96. The van der Waals surface area contributed by atoms with Crippen LogP contribution in [0.5, 0.6) is 0 Å². The second kappa shape index (κ2) is 5.33. The third kappa shape index (κ3) is 2.66. The first-order valence-electron chi connectivity index (χ1n) is 5.50. The van der Waals surface area contributed by atoms with Gasteiger partial charge >= 0.3 is 0 Å². The molecule has 0 N–H and O–H groups in total. The molecule has 0 aliphatic carbocycles. The number of halogens is 1. The van der Waals surface area contributed by atoms with Crippen molar-refractivity contribution < 1.29 is 8.42 Å². The van der Waals surface area contributed by atoms with Gasteiger partial charge in [0, 0.05) is 16.0 Å². The highest BCUT2D eigenvalue weighted by Gasteiger charge is 2.22. The zero-order chi connectivity index (χ0) is 14.0. The van der Waals surface area contributed by atoms with Crippen LogP contribution in [0.3, 0.4) is 0 Å². The van der Waals surface area contributed by atoms with Gasteiger partial charge in [-0.3, -0.25) is 0 Å². The van der Waals surface area contributed by atoms with Crippen molar-refractivity contribution >= 4 is 32.8 Å². The van der Waals surface area contributed by atoms with Gasteiger partial charge in [-0.2, -0.15) is 5.26 Å². The molecule has 0 unspecified atom stereocenters. The molecule has 0 saturated carbocycles. The van der Waals surface area contributed by atoms with Gasteiger partial charge in [0.2, 0.25) is 0 Å². The van der Waals surface area contributed by atoms with Gasteiger partial charge in [-0.15, -0.1) is 11.3 Å². The summed E-state index contributed by atoms with van der Waals surface area (Å²) in [5, 5.41) is 11.5. The summed E-state index contributed by atoms with van der Waals surface area (Å²) in [6.07, 6.45) is 0. The van der Waals surface area contributed by atoms with E-state index in [9.17, 15) is 13.7 Å². The Morgan fingerprint density at radius 2 is 1.95 bits per heavy atom. The summed E-state index contributed by atoms with van der Waals surface area (Å²) < 4.78 is 24.0. The summed E-state index contributed by atoms with van der Waals surface area (Å²) in [5.74, 6) is -0.0117. The van der Waals surface area contributed by atoms with Gasteiger partial charge in [-0.25, -0.2) is 8.42 Å². The molecule has 3 nitrogen and oxygen atoms in total. The first-order chi connectivity index (χ1) is 8.99. The molecule has 1 aromatic heterocycles. The van der Waals surface area contributed by atoms with Crippen LogP contribution < -0.4 is 0 Å². The standard InChI is InChI=1S/C13H10ClNO2S2/c1-2-19(16,17)13-11(7-15)12(8-18-13)9-3-5-10(14)6-4-9/h3-6,8H,2H2,1H3. The Hall–Kier alpha value is -1.35. The van der Waals surface area contributed by atoms with Crippen LogP contribution in [0.15, 0.2) is 33.9 Å². The molecule has 0 radical (unpaired) electrons. The van der Waals surface area contributed by atoms with Crippen LogP contribution in [-0.4, -0.2) is 14.2 Å². The van der Waals surface area contributed by atoms with E-state index in [1.54, 1.807) is 36.6 Å². The van der Waals surface area contributed by atoms with Gasteiger partial charge in [0.15, 0.2) is 9.84 Å². The molecule has 1 heterocycles. The molecule has 0 aliphatic heterocycles. The first kappa shape index (κ1) is 14.1. The molecule has 2 aromatic rings. The zero-order valence-corrected chi connectivity index (χ0v) is 12.4. The van der Waals surface area contributed by atoms with Gasteiger partial charge in [0.25, 0.3) is 0 Å². The van der Waals surface area contributed by atoms with Crippen LogP contribution >= 0.6 is 22.9 Å². The van der Waals surface area contributed by atoms with Crippen molar-refractivity contribution in [2.75, 3.05) is 5.75 Å². The van der Waals surface area contributed by atoms with Crippen molar-refractivity contribution in [1.29, 1.82) is 5.26 Å². The highest BCUT2D eigenvalue weighted by atomic mass is 35.5. The molecule has 1 aromatic carbocycles. The van der Waals surface area contributed by atoms with Crippen molar-refractivity contribution in [2.45, 2.75) is 11.1 Å². The summed E-state index contributed by atoms with van der Waals surface area (Å²) in [4.78, 5) is 0. The summed E-state index contributed by atoms with van der Waals surface area (Å²) >= 11 is 6.90. The van der Waals surface area contributed by atoms with E-state index in [-0.39, 0.29) is 15.5 Å². The van der Waals surface area contributed by atoms with Crippen LogP contribution in [0.25, 0.3) is 11.1 Å².